The number of carbonyl (C=O) groups is 4. The van der Waals surface area contributed by atoms with E-state index in [0.29, 0.717) is 5.56 Å². The van der Waals surface area contributed by atoms with E-state index >= 15 is 0 Å². The van der Waals surface area contributed by atoms with Gasteiger partial charge in [0.05, 0.1) is 24.8 Å². The SMILES string of the molecule is C#CCN1C(=O)C2C(c3ccccc3C)NC(CC(=O)O)(C(=O)O)C2C1=O. The van der Waals surface area contributed by atoms with Crippen LogP contribution in [0.5, 0.6) is 0 Å². The van der Waals surface area contributed by atoms with Crippen molar-refractivity contribution in [2.75, 3.05) is 6.54 Å². The fourth-order valence-electron chi connectivity index (χ4n) is 4.19. The number of rotatable bonds is 5. The van der Waals surface area contributed by atoms with Crippen molar-refractivity contribution in [3.63, 3.8) is 0 Å². The lowest BCUT2D eigenvalue weighted by molar-refractivity contribution is -0.155. The molecule has 2 aliphatic heterocycles. The van der Waals surface area contributed by atoms with Gasteiger partial charge >= 0.3 is 11.9 Å². The summed E-state index contributed by atoms with van der Waals surface area (Å²) in [5, 5.41) is 22.0. The van der Waals surface area contributed by atoms with Crippen LogP contribution in [0.2, 0.25) is 0 Å². The summed E-state index contributed by atoms with van der Waals surface area (Å²) in [6.45, 7) is 1.51. The van der Waals surface area contributed by atoms with Crippen molar-refractivity contribution >= 4 is 23.8 Å². The van der Waals surface area contributed by atoms with Crippen LogP contribution >= 0.6 is 0 Å². The second kappa shape index (κ2) is 6.52. The van der Waals surface area contributed by atoms with E-state index in [1.807, 2.05) is 0 Å². The number of fused-ring (bicyclic) bond motifs is 1. The zero-order valence-electron chi connectivity index (χ0n) is 14.5. The molecule has 27 heavy (non-hydrogen) atoms. The standard InChI is InChI=1S/C19H18N2O6/c1-3-8-21-16(24)13-14(17(21)25)19(18(26)27,9-12(22)23)20-15(13)11-7-5-4-6-10(11)2/h1,4-7,13-15,20H,8-9H2,2H3,(H,22,23)(H,26,27). The van der Waals surface area contributed by atoms with Gasteiger partial charge in [0, 0.05) is 6.04 Å². The number of terminal acetylenes is 1. The second-order valence-corrected chi connectivity index (χ2v) is 6.80. The van der Waals surface area contributed by atoms with Gasteiger partial charge < -0.3 is 10.2 Å². The number of nitrogens with one attached hydrogen (secondary N) is 1. The third kappa shape index (κ3) is 2.67. The summed E-state index contributed by atoms with van der Waals surface area (Å²) in [6.07, 6.45) is 4.40. The number of aliphatic carboxylic acids is 2. The average molecular weight is 370 g/mol. The second-order valence-electron chi connectivity index (χ2n) is 6.80. The van der Waals surface area contributed by atoms with Gasteiger partial charge in [-0.1, -0.05) is 30.2 Å². The van der Waals surface area contributed by atoms with Gasteiger partial charge in [-0.3, -0.25) is 29.4 Å². The molecular formula is C19H18N2O6. The predicted molar refractivity (Wildman–Crippen MR) is 92.2 cm³/mol. The van der Waals surface area contributed by atoms with Gasteiger partial charge in [-0.05, 0) is 18.1 Å². The molecular weight excluding hydrogens is 352 g/mol. The number of likely N-dealkylation sites (tertiary alicyclic amines) is 1. The highest BCUT2D eigenvalue weighted by molar-refractivity contribution is 6.10. The summed E-state index contributed by atoms with van der Waals surface area (Å²) in [7, 11) is 0. The monoisotopic (exact) mass is 370 g/mol. The summed E-state index contributed by atoms with van der Waals surface area (Å²) in [6, 6.07) is 6.23. The Balaban J connectivity index is 2.19. The minimum absolute atomic E-state index is 0.284. The van der Waals surface area contributed by atoms with Crippen LogP contribution in [0.1, 0.15) is 23.6 Å². The Morgan fingerprint density at radius 2 is 1.93 bits per heavy atom. The van der Waals surface area contributed by atoms with Gasteiger partial charge in [0.2, 0.25) is 11.8 Å². The quantitative estimate of drug-likeness (QED) is 0.499. The molecule has 0 spiro atoms. The molecule has 0 saturated carbocycles. The first-order valence-corrected chi connectivity index (χ1v) is 8.31. The van der Waals surface area contributed by atoms with E-state index in [9.17, 15) is 29.4 Å². The summed E-state index contributed by atoms with van der Waals surface area (Å²) >= 11 is 0. The lowest BCUT2D eigenvalue weighted by atomic mass is 9.77. The van der Waals surface area contributed by atoms with Crippen molar-refractivity contribution < 1.29 is 29.4 Å². The number of carboxylic acid groups (broad SMARTS) is 2. The Morgan fingerprint density at radius 1 is 1.26 bits per heavy atom. The van der Waals surface area contributed by atoms with Crippen LogP contribution in [0.15, 0.2) is 24.3 Å². The Hall–Kier alpha value is -3.18. The van der Waals surface area contributed by atoms with E-state index in [4.69, 9.17) is 6.42 Å². The molecule has 0 aromatic heterocycles. The van der Waals surface area contributed by atoms with Crippen LogP contribution in [-0.4, -0.2) is 50.9 Å². The summed E-state index contributed by atoms with van der Waals surface area (Å²) in [5.41, 5.74) is -0.662. The first-order chi connectivity index (χ1) is 12.7. The summed E-state index contributed by atoms with van der Waals surface area (Å²) < 4.78 is 0. The number of aryl methyl sites for hydroxylation is 1. The minimum Gasteiger partial charge on any atom is -0.481 e. The molecule has 8 heteroatoms. The third-order valence-corrected chi connectivity index (χ3v) is 5.33. The van der Waals surface area contributed by atoms with E-state index in [1.54, 1.807) is 31.2 Å². The zero-order valence-corrected chi connectivity index (χ0v) is 14.5. The van der Waals surface area contributed by atoms with Crippen molar-refractivity contribution in [3.8, 4) is 12.3 Å². The van der Waals surface area contributed by atoms with Crippen LogP contribution in [0.3, 0.4) is 0 Å². The number of benzene rings is 1. The molecule has 4 unspecified atom stereocenters. The molecule has 0 radical (unpaired) electrons. The van der Waals surface area contributed by atoms with Crippen LogP contribution < -0.4 is 5.32 Å². The summed E-state index contributed by atoms with van der Waals surface area (Å²) in [5.74, 6) is -4.38. The Morgan fingerprint density at radius 3 is 2.48 bits per heavy atom. The van der Waals surface area contributed by atoms with Crippen LogP contribution in [0.25, 0.3) is 0 Å². The molecule has 1 aromatic rings. The number of amides is 2. The molecule has 4 atom stereocenters. The highest BCUT2D eigenvalue weighted by Gasteiger charge is 2.69. The molecule has 3 rings (SSSR count). The fourth-order valence-corrected chi connectivity index (χ4v) is 4.19. The molecule has 0 bridgehead atoms. The Labute approximate surface area is 155 Å². The number of nitrogens with zero attached hydrogens (tertiary/aromatic N) is 1. The molecule has 1 aromatic carbocycles. The molecule has 3 N–H and O–H groups in total. The van der Waals surface area contributed by atoms with Gasteiger partial charge in [-0.25, -0.2) is 0 Å². The maximum atomic E-state index is 12.9. The van der Waals surface area contributed by atoms with Crippen molar-refractivity contribution in [1.82, 2.24) is 10.2 Å². The minimum atomic E-state index is -2.10. The van der Waals surface area contributed by atoms with Gasteiger partial charge in [0.1, 0.15) is 5.54 Å². The maximum absolute atomic E-state index is 12.9. The molecule has 140 valence electrons. The Bertz CT molecular complexity index is 888. The number of imide groups is 1. The first-order valence-electron chi connectivity index (χ1n) is 8.31. The van der Waals surface area contributed by atoms with Crippen molar-refractivity contribution in [2.24, 2.45) is 11.8 Å². The number of hydrogen-bond donors (Lipinski definition) is 3. The summed E-state index contributed by atoms with van der Waals surface area (Å²) in [4.78, 5) is 50.2. The number of hydrogen-bond acceptors (Lipinski definition) is 5. The molecule has 2 amide bonds. The topological polar surface area (TPSA) is 124 Å². The zero-order chi connectivity index (χ0) is 19.9. The normalized spacial score (nSPS) is 29.5. The highest BCUT2D eigenvalue weighted by atomic mass is 16.4. The molecule has 0 aliphatic carbocycles. The van der Waals surface area contributed by atoms with Gasteiger partial charge in [-0.2, -0.15) is 0 Å². The highest BCUT2D eigenvalue weighted by Crippen LogP contribution is 2.50. The van der Waals surface area contributed by atoms with Gasteiger partial charge in [0.15, 0.2) is 0 Å². The van der Waals surface area contributed by atoms with E-state index in [1.165, 1.54) is 0 Å². The van der Waals surface area contributed by atoms with E-state index in [2.05, 4.69) is 11.2 Å². The molecule has 2 heterocycles. The van der Waals surface area contributed by atoms with E-state index < -0.39 is 53.6 Å². The number of carbonyl (C=O) groups excluding carboxylic acids is 2. The van der Waals surface area contributed by atoms with E-state index in [0.717, 1.165) is 10.5 Å². The van der Waals surface area contributed by atoms with Crippen LogP contribution in [-0.2, 0) is 19.2 Å². The lowest BCUT2D eigenvalue weighted by Gasteiger charge is -2.29. The lowest BCUT2D eigenvalue weighted by Crippen LogP contribution is -2.57. The third-order valence-electron chi connectivity index (χ3n) is 5.33. The van der Waals surface area contributed by atoms with Gasteiger partial charge in [-0.15, -0.1) is 6.42 Å². The van der Waals surface area contributed by atoms with Crippen molar-refractivity contribution in [1.29, 1.82) is 0 Å². The molecule has 2 aliphatic rings. The molecule has 2 saturated heterocycles. The van der Waals surface area contributed by atoms with E-state index in [-0.39, 0.29) is 6.54 Å². The average Bonchev–Trinajstić information content (AvgIpc) is 3.05. The predicted octanol–water partition coefficient (Wildman–Crippen LogP) is 0.172. The van der Waals surface area contributed by atoms with Gasteiger partial charge in [0.25, 0.3) is 0 Å². The number of carboxylic acids is 2. The molecule has 2 fully saturated rings. The fraction of sp³-hybridized carbons (Fsp3) is 0.368. The first kappa shape index (κ1) is 18.6. The van der Waals surface area contributed by atoms with Crippen LogP contribution in [0.4, 0.5) is 0 Å². The van der Waals surface area contributed by atoms with Crippen molar-refractivity contribution in [3.05, 3.63) is 35.4 Å². The van der Waals surface area contributed by atoms with Crippen LogP contribution in [0, 0.1) is 31.1 Å². The largest absolute Gasteiger partial charge is 0.481 e. The molecule has 8 nitrogen and oxygen atoms in total. The smallest absolute Gasteiger partial charge is 0.325 e. The maximum Gasteiger partial charge on any atom is 0.325 e. The van der Waals surface area contributed by atoms with Crippen molar-refractivity contribution in [2.45, 2.75) is 24.9 Å². The Kier molecular flexibility index (Phi) is 4.49.